The van der Waals surface area contributed by atoms with Gasteiger partial charge < -0.3 is 15.0 Å². The van der Waals surface area contributed by atoms with Crippen LogP contribution in [0.15, 0.2) is 24.3 Å². The molecule has 0 spiro atoms. The van der Waals surface area contributed by atoms with E-state index in [2.05, 4.69) is 15.0 Å². The minimum atomic E-state index is -2.84. The van der Waals surface area contributed by atoms with Gasteiger partial charge in [-0.3, -0.25) is 14.5 Å². The number of ether oxygens (including phenoxy) is 1. The molecule has 1 fully saturated rings. The van der Waals surface area contributed by atoms with Crippen LogP contribution in [0.25, 0.3) is 0 Å². The van der Waals surface area contributed by atoms with Gasteiger partial charge in [0.05, 0.1) is 6.54 Å². The van der Waals surface area contributed by atoms with Crippen molar-refractivity contribution in [2.75, 3.05) is 33.2 Å². The van der Waals surface area contributed by atoms with Crippen LogP contribution in [-0.4, -0.2) is 61.5 Å². The van der Waals surface area contributed by atoms with Crippen molar-refractivity contribution < 1.29 is 23.1 Å². The average Bonchev–Trinajstić information content (AvgIpc) is 2.62. The third-order valence-electron chi connectivity index (χ3n) is 4.70. The molecule has 0 aromatic heterocycles. The topological polar surface area (TPSA) is 61.9 Å². The van der Waals surface area contributed by atoms with Crippen molar-refractivity contribution in [3.8, 4) is 5.75 Å². The molecule has 6 nitrogen and oxygen atoms in total. The summed E-state index contributed by atoms with van der Waals surface area (Å²) in [6.45, 7) is 1.81. The molecule has 0 radical (unpaired) electrons. The van der Waals surface area contributed by atoms with E-state index in [9.17, 15) is 18.4 Å². The molecule has 27 heavy (non-hydrogen) atoms. The molecule has 1 heterocycles. The predicted molar refractivity (Wildman–Crippen MR) is 97.4 cm³/mol. The molecule has 1 N–H and O–H groups in total. The molecule has 150 valence electrons. The number of nitrogens with one attached hydrogen (secondary N) is 1. The van der Waals surface area contributed by atoms with Gasteiger partial charge in [0, 0.05) is 27.1 Å². The third-order valence-corrected chi connectivity index (χ3v) is 4.70. The molecule has 0 atom stereocenters. The molecular weight excluding hydrogens is 356 g/mol. The molecule has 0 saturated carbocycles. The van der Waals surface area contributed by atoms with Crippen LogP contribution in [0.3, 0.4) is 0 Å². The lowest BCUT2D eigenvalue weighted by Crippen LogP contribution is -2.43. The van der Waals surface area contributed by atoms with Gasteiger partial charge in [-0.1, -0.05) is 12.1 Å². The molecule has 1 aromatic carbocycles. The fourth-order valence-corrected chi connectivity index (χ4v) is 3.09. The first-order valence-corrected chi connectivity index (χ1v) is 9.08. The van der Waals surface area contributed by atoms with Crippen LogP contribution in [0.1, 0.15) is 25.3 Å². The number of carbonyl (C=O) groups excluding carboxylic acids is 2. The van der Waals surface area contributed by atoms with Gasteiger partial charge in [0.2, 0.25) is 11.8 Å². The van der Waals surface area contributed by atoms with E-state index in [0.717, 1.165) is 31.5 Å². The van der Waals surface area contributed by atoms with E-state index < -0.39 is 6.61 Å². The van der Waals surface area contributed by atoms with Crippen LogP contribution in [-0.2, 0) is 16.1 Å². The van der Waals surface area contributed by atoms with Crippen molar-refractivity contribution in [3.63, 3.8) is 0 Å². The molecule has 1 saturated heterocycles. The van der Waals surface area contributed by atoms with Crippen LogP contribution in [0, 0.1) is 5.92 Å². The average molecular weight is 383 g/mol. The number of hydrogen-bond donors (Lipinski definition) is 1. The second-order valence-corrected chi connectivity index (χ2v) is 6.93. The van der Waals surface area contributed by atoms with Crippen molar-refractivity contribution >= 4 is 11.8 Å². The van der Waals surface area contributed by atoms with Crippen LogP contribution < -0.4 is 10.1 Å². The maximum absolute atomic E-state index is 12.4. The van der Waals surface area contributed by atoms with Crippen LogP contribution in [0.4, 0.5) is 8.78 Å². The van der Waals surface area contributed by atoms with E-state index in [1.165, 1.54) is 19.1 Å². The number of carbonyl (C=O) groups is 2. The van der Waals surface area contributed by atoms with E-state index in [1.54, 1.807) is 24.1 Å². The molecule has 2 rings (SSSR count). The predicted octanol–water partition coefficient (Wildman–Crippen LogP) is 2.09. The molecule has 1 aromatic rings. The maximum Gasteiger partial charge on any atom is 0.387 e. The fraction of sp³-hybridized carbons (Fsp3) is 0.579. The van der Waals surface area contributed by atoms with E-state index in [0.29, 0.717) is 25.6 Å². The third kappa shape index (κ3) is 7.50. The van der Waals surface area contributed by atoms with Crippen LogP contribution in [0.2, 0.25) is 0 Å². The summed E-state index contributed by atoms with van der Waals surface area (Å²) in [4.78, 5) is 27.2. The zero-order valence-electron chi connectivity index (χ0n) is 15.8. The zero-order chi connectivity index (χ0) is 19.8. The van der Waals surface area contributed by atoms with Crippen LogP contribution in [0.5, 0.6) is 5.75 Å². The lowest BCUT2D eigenvalue weighted by molar-refractivity contribution is -0.132. The highest BCUT2D eigenvalue weighted by Gasteiger charge is 2.22. The first-order valence-electron chi connectivity index (χ1n) is 9.08. The number of benzene rings is 1. The number of amides is 2. The van der Waals surface area contributed by atoms with Crippen LogP contribution >= 0.6 is 0 Å². The Kier molecular flexibility index (Phi) is 7.97. The lowest BCUT2D eigenvalue weighted by atomic mass is 9.97. The van der Waals surface area contributed by atoms with Crippen molar-refractivity contribution in [3.05, 3.63) is 29.8 Å². The Balaban J connectivity index is 1.73. The molecular formula is C19H27F2N3O3. The van der Waals surface area contributed by atoms with Crippen molar-refractivity contribution in [1.29, 1.82) is 0 Å². The Morgan fingerprint density at radius 3 is 2.44 bits per heavy atom. The number of halogens is 2. The SMILES string of the molecule is CC(=O)NCC1CCN(CC(=O)N(C)Cc2ccc(OC(F)F)cc2)CC1. The van der Waals surface area contributed by atoms with Crippen molar-refractivity contribution in [1.82, 2.24) is 15.1 Å². The first kappa shape index (κ1) is 21.1. The van der Waals surface area contributed by atoms with Gasteiger partial charge in [0.1, 0.15) is 5.75 Å². The summed E-state index contributed by atoms with van der Waals surface area (Å²) in [5, 5.41) is 2.85. The summed E-state index contributed by atoms with van der Waals surface area (Å²) in [5.41, 5.74) is 0.849. The van der Waals surface area contributed by atoms with E-state index in [4.69, 9.17) is 0 Å². The van der Waals surface area contributed by atoms with E-state index in [1.807, 2.05) is 0 Å². The Morgan fingerprint density at radius 2 is 1.89 bits per heavy atom. The lowest BCUT2D eigenvalue weighted by Gasteiger charge is -2.32. The van der Waals surface area contributed by atoms with Gasteiger partial charge in [-0.15, -0.1) is 0 Å². The molecule has 0 aliphatic carbocycles. The number of likely N-dealkylation sites (N-methyl/N-ethyl adjacent to an activating group) is 1. The molecule has 8 heteroatoms. The maximum atomic E-state index is 12.4. The minimum Gasteiger partial charge on any atom is -0.435 e. The summed E-state index contributed by atoms with van der Waals surface area (Å²) >= 11 is 0. The van der Waals surface area contributed by atoms with Gasteiger partial charge in [0.15, 0.2) is 0 Å². The number of piperidine rings is 1. The molecule has 0 unspecified atom stereocenters. The first-order chi connectivity index (χ1) is 12.8. The number of likely N-dealkylation sites (tertiary alicyclic amines) is 1. The zero-order valence-corrected chi connectivity index (χ0v) is 15.8. The van der Waals surface area contributed by atoms with E-state index in [-0.39, 0.29) is 17.6 Å². The summed E-state index contributed by atoms with van der Waals surface area (Å²) < 4.78 is 28.6. The fourth-order valence-electron chi connectivity index (χ4n) is 3.09. The largest absolute Gasteiger partial charge is 0.435 e. The van der Waals surface area contributed by atoms with Crippen molar-refractivity contribution in [2.24, 2.45) is 5.92 Å². The highest BCUT2D eigenvalue weighted by atomic mass is 19.3. The Morgan fingerprint density at radius 1 is 1.26 bits per heavy atom. The van der Waals surface area contributed by atoms with Gasteiger partial charge >= 0.3 is 6.61 Å². The summed E-state index contributed by atoms with van der Waals surface area (Å²) in [7, 11) is 1.73. The van der Waals surface area contributed by atoms with Gasteiger partial charge in [-0.05, 0) is 49.5 Å². The quantitative estimate of drug-likeness (QED) is 0.747. The monoisotopic (exact) mass is 383 g/mol. The molecule has 0 bridgehead atoms. The number of hydrogen-bond acceptors (Lipinski definition) is 4. The number of nitrogens with zero attached hydrogens (tertiary/aromatic N) is 2. The second kappa shape index (κ2) is 10.2. The summed E-state index contributed by atoms with van der Waals surface area (Å²) in [5.74, 6) is 0.572. The smallest absolute Gasteiger partial charge is 0.387 e. The molecule has 1 aliphatic heterocycles. The molecule has 1 aliphatic rings. The highest BCUT2D eigenvalue weighted by molar-refractivity contribution is 5.78. The summed E-state index contributed by atoms with van der Waals surface area (Å²) in [6.07, 6.45) is 1.92. The minimum absolute atomic E-state index is 0.0111. The van der Waals surface area contributed by atoms with Crippen molar-refractivity contribution in [2.45, 2.75) is 32.9 Å². The highest BCUT2D eigenvalue weighted by Crippen LogP contribution is 2.18. The van der Waals surface area contributed by atoms with E-state index >= 15 is 0 Å². The van der Waals surface area contributed by atoms with Gasteiger partial charge in [-0.25, -0.2) is 0 Å². The molecule has 2 amide bonds. The Bertz CT molecular complexity index is 617. The number of alkyl halides is 2. The Hall–Kier alpha value is -2.22. The van der Waals surface area contributed by atoms with Gasteiger partial charge in [0.25, 0.3) is 0 Å². The second-order valence-electron chi connectivity index (χ2n) is 6.93. The standard InChI is InChI=1S/C19H27F2N3O3/c1-14(25)22-11-15-7-9-24(10-8-15)13-18(26)23(2)12-16-3-5-17(6-4-16)27-19(20)21/h3-6,15,19H,7-13H2,1-2H3,(H,22,25). The van der Waals surface area contributed by atoms with Gasteiger partial charge in [-0.2, -0.15) is 8.78 Å². The summed E-state index contributed by atoms with van der Waals surface area (Å²) in [6, 6.07) is 6.29. The Labute approximate surface area is 158 Å². The normalized spacial score (nSPS) is 15.6. The number of rotatable bonds is 8.